The van der Waals surface area contributed by atoms with Crippen molar-refractivity contribution in [2.75, 3.05) is 17.3 Å². The van der Waals surface area contributed by atoms with Crippen molar-refractivity contribution < 1.29 is 29.4 Å². The molecule has 3 rings (SSSR count). The van der Waals surface area contributed by atoms with E-state index in [0.717, 1.165) is 11.1 Å². The molecular formula is C28H36N4O6S2. The van der Waals surface area contributed by atoms with Gasteiger partial charge in [0.15, 0.2) is 0 Å². The molecule has 4 atom stereocenters. The maximum absolute atomic E-state index is 13.4. The standard InChI is InChI=1S/C28H36N4O6S2/c1-28(2)23(27(37)38)32-25(35)21(15-17-6-4-3-5-7-17)30-26(36)22(16-39-12-13-40-28)31-24(34)20(29)14-18-8-10-19(33)11-9-18/h3-11,20-23,33H,12-16,29H2,1-2H3,(H,30,36)(H,31,34)(H,32,35)(H,37,38)/t20-,21-,22?,23+/m0/s1. The number of aromatic hydroxyl groups is 1. The number of aliphatic carboxylic acids is 1. The van der Waals surface area contributed by atoms with Gasteiger partial charge in [0, 0.05) is 28.4 Å². The molecule has 1 aliphatic rings. The maximum atomic E-state index is 13.4. The van der Waals surface area contributed by atoms with Gasteiger partial charge in [-0.25, -0.2) is 4.79 Å². The first-order chi connectivity index (χ1) is 19.0. The highest BCUT2D eigenvalue weighted by molar-refractivity contribution is 8.03. The third-order valence-electron chi connectivity index (χ3n) is 6.49. The van der Waals surface area contributed by atoms with Crippen LogP contribution >= 0.6 is 23.5 Å². The fourth-order valence-electron chi connectivity index (χ4n) is 4.20. The SMILES string of the molecule is CC1(C)SCCSCC(NC(=O)[C@@H](N)Cc2ccc(O)cc2)C(=O)N[C@@H](Cc2ccccc2)C(=O)N[C@@H]1C(=O)O. The van der Waals surface area contributed by atoms with E-state index in [9.17, 15) is 29.4 Å². The lowest BCUT2D eigenvalue weighted by molar-refractivity contribution is -0.143. The molecule has 1 unspecified atom stereocenters. The van der Waals surface area contributed by atoms with Crippen molar-refractivity contribution in [3.63, 3.8) is 0 Å². The van der Waals surface area contributed by atoms with Crippen molar-refractivity contribution >= 4 is 47.2 Å². The fourth-order valence-corrected chi connectivity index (χ4v) is 6.49. The lowest BCUT2D eigenvalue weighted by atomic mass is 10.0. The van der Waals surface area contributed by atoms with Gasteiger partial charge in [0.05, 0.1) is 6.04 Å². The van der Waals surface area contributed by atoms with Gasteiger partial charge in [-0.15, -0.1) is 0 Å². The Balaban J connectivity index is 1.81. The van der Waals surface area contributed by atoms with Crippen molar-refractivity contribution in [1.29, 1.82) is 0 Å². The number of hydrogen-bond donors (Lipinski definition) is 6. The Morgan fingerprint density at radius 2 is 1.70 bits per heavy atom. The molecule has 0 spiro atoms. The molecule has 2 aromatic rings. The van der Waals surface area contributed by atoms with Gasteiger partial charge < -0.3 is 31.9 Å². The van der Waals surface area contributed by atoms with E-state index in [4.69, 9.17) is 5.73 Å². The molecule has 7 N–H and O–H groups in total. The average molecular weight is 589 g/mol. The number of benzene rings is 2. The third-order valence-corrected chi connectivity index (χ3v) is 9.20. The summed E-state index contributed by atoms with van der Waals surface area (Å²) in [5.74, 6) is -1.36. The van der Waals surface area contributed by atoms with Gasteiger partial charge in [0.1, 0.15) is 23.9 Å². The largest absolute Gasteiger partial charge is 0.508 e. The summed E-state index contributed by atoms with van der Waals surface area (Å²) >= 11 is 2.86. The van der Waals surface area contributed by atoms with E-state index in [1.165, 1.54) is 35.7 Å². The Kier molecular flexibility index (Phi) is 11.3. The molecule has 1 heterocycles. The van der Waals surface area contributed by atoms with Crippen molar-refractivity contribution in [1.82, 2.24) is 16.0 Å². The van der Waals surface area contributed by atoms with Gasteiger partial charge in [0.25, 0.3) is 0 Å². The minimum absolute atomic E-state index is 0.102. The molecule has 10 nitrogen and oxygen atoms in total. The van der Waals surface area contributed by atoms with Crippen LogP contribution in [0.15, 0.2) is 54.6 Å². The Morgan fingerprint density at radius 3 is 2.35 bits per heavy atom. The van der Waals surface area contributed by atoms with Crippen LogP contribution in [0.2, 0.25) is 0 Å². The monoisotopic (exact) mass is 588 g/mol. The molecule has 1 aliphatic heterocycles. The number of phenols is 1. The van der Waals surface area contributed by atoms with E-state index in [1.54, 1.807) is 26.0 Å². The fraction of sp³-hybridized carbons (Fsp3) is 0.429. The van der Waals surface area contributed by atoms with Crippen LogP contribution < -0.4 is 21.7 Å². The number of hydrogen-bond acceptors (Lipinski definition) is 8. The van der Waals surface area contributed by atoms with E-state index in [2.05, 4.69) is 16.0 Å². The normalized spacial score (nSPS) is 22.8. The number of carbonyl (C=O) groups is 4. The van der Waals surface area contributed by atoms with Crippen LogP contribution in [0.5, 0.6) is 5.75 Å². The number of carboxylic acids is 1. The molecule has 1 fully saturated rings. The molecule has 0 radical (unpaired) electrons. The Bertz CT molecular complexity index is 1180. The Labute approximate surface area is 242 Å². The first kappa shape index (κ1) is 31.3. The summed E-state index contributed by atoms with van der Waals surface area (Å²) in [7, 11) is 0. The smallest absolute Gasteiger partial charge is 0.327 e. The van der Waals surface area contributed by atoms with Crippen LogP contribution in [0.4, 0.5) is 0 Å². The zero-order valence-corrected chi connectivity index (χ0v) is 24.1. The van der Waals surface area contributed by atoms with Crippen LogP contribution in [0.3, 0.4) is 0 Å². The molecule has 0 bridgehead atoms. The molecule has 12 heteroatoms. The third kappa shape index (κ3) is 9.17. The average Bonchev–Trinajstić information content (AvgIpc) is 2.91. The van der Waals surface area contributed by atoms with Gasteiger partial charge in [-0.05, 0) is 43.5 Å². The number of carbonyl (C=O) groups excluding carboxylic acids is 3. The second-order valence-electron chi connectivity index (χ2n) is 10.1. The quantitative estimate of drug-likeness (QED) is 0.279. The van der Waals surface area contributed by atoms with Crippen LogP contribution in [0, 0.1) is 0 Å². The summed E-state index contributed by atoms with van der Waals surface area (Å²) < 4.78 is -0.813. The number of phenolic OH excluding ortho intramolecular Hbond substituents is 1. The van der Waals surface area contributed by atoms with E-state index < -0.39 is 52.6 Å². The summed E-state index contributed by atoms with van der Waals surface area (Å²) in [4.78, 5) is 52.0. The number of carboxylic acid groups (broad SMARTS) is 1. The number of nitrogens with two attached hydrogens (primary N) is 1. The van der Waals surface area contributed by atoms with E-state index in [1.807, 2.05) is 30.3 Å². The van der Waals surface area contributed by atoms with Crippen LogP contribution in [0.25, 0.3) is 0 Å². The lowest BCUT2D eigenvalue weighted by Gasteiger charge is -2.32. The number of amides is 3. The topological polar surface area (TPSA) is 171 Å². The number of rotatable bonds is 7. The van der Waals surface area contributed by atoms with Gasteiger partial charge in [-0.3, -0.25) is 14.4 Å². The summed E-state index contributed by atoms with van der Waals surface area (Å²) in [5, 5.41) is 27.5. The summed E-state index contributed by atoms with van der Waals surface area (Å²) in [6.45, 7) is 3.54. The van der Waals surface area contributed by atoms with Crippen LogP contribution in [0.1, 0.15) is 25.0 Å². The minimum atomic E-state index is -1.18. The molecule has 3 amide bonds. The zero-order valence-electron chi connectivity index (χ0n) is 22.5. The zero-order chi connectivity index (χ0) is 29.3. The predicted octanol–water partition coefficient (Wildman–Crippen LogP) is 1.30. The van der Waals surface area contributed by atoms with Crippen molar-refractivity contribution in [3.8, 4) is 5.75 Å². The van der Waals surface area contributed by atoms with E-state index in [0.29, 0.717) is 11.5 Å². The highest BCUT2D eigenvalue weighted by Crippen LogP contribution is 2.30. The minimum Gasteiger partial charge on any atom is -0.508 e. The first-order valence-electron chi connectivity index (χ1n) is 12.9. The van der Waals surface area contributed by atoms with Crippen LogP contribution in [-0.4, -0.2) is 80.1 Å². The van der Waals surface area contributed by atoms with Crippen molar-refractivity contribution in [2.24, 2.45) is 5.73 Å². The molecule has 40 heavy (non-hydrogen) atoms. The second-order valence-corrected chi connectivity index (χ2v) is 13.0. The Morgan fingerprint density at radius 1 is 1.02 bits per heavy atom. The molecule has 0 aliphatic carbocycles. The molecule has 0 saturated carbocycles. The van der Waals surface area contributed by atoms with E-state index >= 15 is 0 Å². The first-order valence-corrected chi connectivity index (χ1v) is 15.0. The summed E-state index contributed by atoms with van der Waals surface area (Å²) in [5.41, 5.74) is 7.66. The highest BCUT2D eigenvalue weighted by atomic mass is 32.2. The van der Waals surface area contributed by atoms with Gasteiger partial charge in [0.2, 0.25) is 17.7 Å². The Hall–Kier alpha value is -3.22. The molecule has 216 valence electrons. The van der Waals surface area contributed by atoms with Gasteiger partial charge in [-0.2, -0.15) is 23.5 Å². The molecular weight excluding hydrogens is 552 g/mol. The van der Waals surface area contributed by atoms with Gasteiger partial charge >= 0.3 is 5.97 Å². The molecule has 2 aromatic carbocycles. The lowest BCUT2D eigenvalue weighted by Crippen LogP contribution is -2.60. The van der Waals surface area contributed by atoms with Crippen molar-refractivity contribution in [3.05, 3.63) is 65.7 Å². The van der Waals surface area contributed by atoms with E-state index in [-0.39, 0.29) is 24.3 Å². The molecule has 1 saturated heterocycles. The molecule has 0 aromatic heterocycles. The van der Waals surface area contributed by atoms with Gasteiger partial charge in [-0.1, -0.05) is 42.5 Å². The summed E-state index contributed by atoms with van der Waals surface area (Å²) in [6, 6.07) is 11.3. The van der Waals surface area contributed by atoms with Crippen molar-refractivity contribution in [2.45, 2.75) is 55.6 Å². The van der Waals surface area contributed by atoms with Crippen LogP contribution in [-0.2, 0) is 32.0 Å². The maximum Gasteiger partial charge on any atom is 0.327 e. The summed E-state index contributed by atoms with van der Waals surface area (Å²) in [6.07, 6.45) is 0.335. The number of thioether (sulfide) groups is 2. The number of nitrogens with one attached hydrogen (secondary N) is 3. The highest BCUT2D eigenvalue weighted by Gasteiger charge is 2.39. The predicted molar refractivity (Wildman–Crippen MR) is 157 cm³/mol. The second kappa shape index (κ2) is 14.4.